The molecule has 0 aliphatic rings. The Morgan fingerprint density at radius 1 is 1.30 bits per heavy atom. The minimum Gasteiger partial charge on any atom is -0.369 e. The predicted molar refractivity (Wildman–Crippen MR) is 84.2 cm³/mol. The summed E-state index contributed by atoms with van der Waals surface area (Å²) in [6.07, 6.45) is 4.62. The van der Waals surface area contributed by atoms with E-state index in [1.54, 1.807) is 23.7 Å². The van der Waals surface area contributed by atoms with Crippen LogP contribution in [0.5, 0.6) is 0 Å². The molecule has 3 rings (SSSR count). The average Bonchev–Trinajstić information content (AvgIpc) is 2.86. The molecule has 102 valence electrons. The van der Waals surface area contributed by atoms with Gasteiger partial charge >= 0.3 is 0 Å². The molecule has 0 radical (unpaired) electrons. The van der Waals surface area contributed by atoms with Crippen LogP contribution in [0, 0.1) is 6.92 Å². The van der Waals surface area contributed by atoms with Crippen LogP contribution in [0.1, 0.15) is 18.2 Å². The molecule has 3 heterocycles. The van der Waals surface area contributed by atoms with Crippen molar-refractivity contribution in [2.45, 2.75) is 20.3 Å². The standard InChI is InChI=1S/C15H16N4S/c1-3-6-17-14-12-8-10(2)20-15(12)19-13(18-14)11-5-4-7-16-9-11/h4-5,7-9H,3,6H2,1-2H3,(H,17,18,19). The smallest absolute Gasteiger partial charge is 0.164 e. The fourth-order valence-corrected chi connectivity index (χ4v) is 2.92. The number of thiophene rings is 1. The number of rotatable bonds is 4. The Morgan fingerprint density at radius 2 is 2.20 bits per heavy atom. The van der Waals surface area contributed by atoms with Crippen molar-refractivity contribution in [2.24, 2.45) is 0 Å². The fraction of sp³-hybridized carbons (Fsp3) is 0.267. The fourth-order valence-electron chi connectivity index (χ4n) is 2.04. The van der Waals surface area contributed by atoms with Crippen LogP contribution < -0.4 is 5.32 Å². The van der Waals surface area contributed by atoms with E-state index in [0.717, 1.165) is 40.4 Å². The minimum absolute atomic E-state index is 0.728. The van der Waals surface area contributed by atoms with Crippen molar-refractivity contribution in [2.75, 3.05) is 11.9 Å². The van der Waals surface area contributed by atoms with E-state index >= 15 is 0 Å². The van der Waals surface area contributed by atoms with E-state index in [2.05, 4.69) is 40.2 Å². The van der Waals surface area contributed by atoms with E-state index in [9.17, 15) is 0 Å². The highest BCUT2D eigenvalue weighted by Crippen LogP contribution is 2.30. The molecule has 3 aromatic rings. The first-order valence-corrected chi connectivity index (χ1v) is 7.52. The van der Waals surface area contributed by atoms with Gasteiger partial charge in [-0.25, -0.2) is 9.97 Å². The van der Waals surface area contributed by atoms with Crippen molar-refractivity contribution in [1.82, 2.24) is 15.0 Å². The Kier molecular flexibility index (Phi) is 3.60. The molecule has 4 nitrogen and oxygen atoms in total. The van der Waals surface area contributed by atoms with Gasteiger partial charge in [-0.1, -0.05) is 6.92 Å². The molecule has 20 heavy (non-hydrogen) atoms. The molecule has 0 atom stereocenters. The van der Waals surface area contributed by atoms with Crippen LogP contribution in [0.4, 0.5) is 5.82 Å². The van der Waals surface area contributed by atoms with Gasteiger partial charge in [0.15, 0.2) is 5.82 Å². The zero-order chi connectivity index (χ0) is 13.9. The van der Waals surface area contributed by atoms with E-state index in [0.29, 0.717) is 0 Å². The second-order valence-corrected chi connectivity index (χ2v) is 5.87. The number of pyridine rings is 1. The summed E-state index contributed by atoms with van der Waals surface area (Å²) < 4.78 is 0. The maximum Gasteiger partial charge on any atom is 0.164 e. The maximum atomic E-state index is 4.67. The largest absolute Gasteiger partial charge is 0.369 e. The molecule has 0 fully saturated rings. The molecule has 0 aromatic carbocycles. The van der Waals surface area contributed by atoms with Crippen LogP contribution in [0.3, 0.4) is 0 Å². The Balaban J connectivity index is 2.14. The highest BCUT2D eigenvalue weighted by molar-refractivity contribution is 7.18. The number of nitrogens with zero attached hydrogens (tertiary/aromatic N) is 3. The Morgan fingerprint density at radius 3 is 2.95 bits per heavy atom. The van der Waals surface area contributed by atoms with Crippen LogP contribution in [0.25, 0.3) is 21.6 Å². The van der Waals surface area contributed by atoms with Gasteiger partial charge < -0.3 is 5.32 Å². The van der Waals surface area contributed by atoms with Crippen LogP contribution >= 0.6 is 11.3 Å². The number of aryl methyl sites for hydroxylation is 1. The van der Waals surface area contributed by atoms with Crippen LogP contribution in [-0.2, 0) is 0 Å². The number of hydrogen-bond donors (Lipinski definition) is 1. The van der Waals surface area contributed by atoms with Crippen LogP contribution in [0.15, 0.2) is 30.6 Å². The van der Waals surface area contributed by atoms with E-state index in [1.165, 1.54) is 4.88 Å². The number of nitrogens with one attached hydrogen (secondary N) is 1. The molecule has 3 aromatic heterocycles. The van der Waals surface area contributed by atoms with Crippen LogP contribution in [-0.4, -0.2) is 21.5 Å². The van der Waals surface area contributed by atoms with Gasteiger partial charge in [0.2, 0.25) is 0 Å². The third-order valence-corrected chi connectivity index (χ3v) is 3.92. The molecule has 5 heteroatoms. The molecule has 0 spiro atoms. The van der Waals surface area contributed by atoms with E-state index in [1.807, 2.05) is 12.1 Å². The number of aromatic nitrogens is 3. The second-order valence-electron chi connectivity index (χ2n) is 4.64. The first kappa shape index (κ1) is 13.0. The van der Waals surface area contributed by atoms with Gasteiger partial charge in [-0.05, 0) is 31.5 Å². The third-order valence-electron chi connectivity index (χ3n) is 2.98. The summed E-state index contributed by atoms with van der Waals surface area (Å²) >= 11 is 1.70. The van der Waals surface area contributed by atoms with Gasteiger partial charge in [-0.15, -0.1) is 11.3 Å². The van der Waals surface area contributed by atoms with Gasteiger partial charge in [0, 0.05) is 29.4 Å². The Labute approximate surface area is 121 Å². The van der Waals surface area contributed by atoms with E-state index in [-0.39, 0.29) is 0 Å². The van der Waals surface area contributed by atoms with Crippen LogP contribution in [0.2, 0.25) is 0 Å². The van der Waals surface area contributed by atoms with Crippen molar-refractivity contribution < 1.29 is 0 Å². The molecule has 0 aliphatic carbocycles. The molecular weight excluding hydrogens is 268 g/mol. The molecule has 0 aliphatic heterocycles. The summed E-state index contributed by atoms with van der Waals surface area (Å²) in [5.74, 6) is 1.64. The summed E-state index contributed by atoms with van der Waals surface area (Å²) in [6.45, 7) is 5.15. The highest BCUT2D eigenvalue weighted by atomic mass is 32.1. The zero-order valence-corrected chi connectivity index (χ0v) is 12.4. The SMILES string of the molecule is CCCNc1nc(-c2cccnc2)nc2sc(C)cc12. The van der Waals surface area contributed by atoms with Crippen molar-refractivity contribution in [3.05, 3.63) is 35.5 Å². The lowest BCUT2D eigenvalue weighted by molar-refractivity contribution is 0.970. The van der Waals surface area contributed by atoms with Gasteiger partial charge in [0.1, 0.15) is 10.6 Å². The molecule has 0 amide bonds. The highest BCUT2D eigenvalue weighted by Gasteiger charge is 2.11. The number of hydrogen-bond acceptors (Lipinski definition) is 5. The maximum absolute atomic E-state index is 4.67. The number of anilines is 1. The molecule has 0 saturated carbocycles. The van der Waals surface area contributed by atoms with Gasteiger partial charge in [0.25, 0.3) is 0 Å². The summed E-state index contributed by atoms with van der Waals surface area (Å²) in [5.41, 5.74) is 0.944. The lowest BCUT2D eigenvalue weighted by Crippen LogP contribution is -2.04. The summed E-state index contributed by atoms with van der Waals surface area (Å²) in [6, 6.07) is 6.03. The minimum atomic E-state index is 0.728. The van der Waals surface area contributed by atoms with Crippen molar-refractivity contribution in [3.8, 4) is 11.4 Å². The Hall–Kier alpha value is -2.01. The first-order valence-electron chi connectivity index (χ1n) is 6.70. The predicted octanol–water partition coefficient (Wildman–Crippen LogP) is 3.88. The first-order chi connectivity index (χ1) is 9.78. The van der Waals surface area contributed by atoms with Crippen molar-refractivity contribution >= 4 is 27.4 Å². The quantitative estimate of drug-likeness (QED) is 0.790. The summed E-state index contributed by atoms with van der Waals surface area (Å²) in [7, 11) is 0. The second kappa shape index (κ2) is 5.54. The average molecular weight is 284 g/mol. The Bertz CT molecular complexity index is 721. The van der Waals surface area contributed by atoms with Gasteiger partial charge in [-0.2, -0.15) is 0 Å². The molecule has 0 bridgehead atoms. The third kappa shape index (κ3) is 2.49. The molecular formula is C15H16N4S. The molecule has 0 saturated heterocycles. The monoisotopic (exact) mass is 284 g/mol. The van der Waals surface area contributed by atoms with Gasteiger partial charge in [-0.3, -0.25) is 4.98 Å². The number of fused-ring (bicyclic) bond motifs is 1. The lowest BCUT2D eigenvalue weighted by atomic mass is 10.2. The van der Waals surface area contributed by atoms with Crippen molar-refractivity contribution in [3.63, 3.8) is 0 Å². The van der Waals surface area contributed by atoms with E-state index < -0.39 is 0 Å². The summed E-state index contributed by atoms with van der Waals surface area (Å²) in [5, 5.41) is 4.50. The zero-order valence-electron chi connectivity index (χ0n) is 11.6. The lowest BCUT2D eigenvalue weighted by Gasteiger charge is -2.07. The normalized spacial score (nSPS) is 10.9. The topological polar surface area (TPSA) is 50.7 Å². The van der Waals surface area contributed by atoms with Gasteiger partial charge in [0.05, 0.1) is 5.39 Å². The molecule has 1 N–H and O–H groups in total. The van der Waals surface area contributed by atoms with E-state index in [4.69, 9.17) is 0 Å². The summed E-state index contributed by atoms with van der Waals surface area (Å²) in [4.78, 5) is 15.7. The molecule has 0 unspecified atom stereocenters. The van der Waals surface area contributed by atoms with Crippen molar-refractivity contribution in [1.29, 1.82) is 0 Å².